The second kappa shape index (κ2) is 6.79. The Morgan fingerprint density at radius 3 is 2.67 bits per heavy atom. The number of hydrogen-bond acceptors (Lipinski definition) is 4. The van der Waals surface area contributed by atoms with Gasteiger partial charge in [0.1, 0.15) is 9.96 Å². The number of sulfonamides is 1. The Hall–Kier alpha value is -1.08. The first-order chi connectivity index (χ1) is 9.97. The molecule has 0 N–H and O–H groups in total. The lowest BCUT2D eigenvalue weighted by atomic mass is 10.2. The quantitative estimate of drug-likeness (QED) is 0.754. The number of nitrogens with zero attached hydrogens (tertiary/aromatic N) is 1. The van der Waals surface area contributed by atoms with E-state index >= 15 is 0 Å². The molecular weight excluding hydrogens is 330 g/mol. The van der Waals surface area contributed by atoms with Gasteiger partial charge >= 0.3 is 0 Å². The average molecular weight is 346 g/mol. The number of rotatable bonds is 6. The van der Waals surface area contributed by atoms with Crippen molar-refractivity contribution >= 4 is 33.0 Å². The summed E-state index contributed by atoms with van der Waals surface area (Å²) in [7, 11) is -0.347. The molecule has 0 saturated carbocycles. The van der Waals surface area contributed by atoms with Crippen molar-refractivity contribution in [2.45, 2.75) is 16.6 Å². The van der Waals surface area contributed by atoms with Crippen LogP contribution in [0.15, 0.2) is 39.9 Å². The van der Waals surface area contributed by atoms with Crippen molar-refractivity contribution in [1.82, 2.24) is 4.31 Å². The van der Waals surface area contributed by atoms with E-state index in [1.807, 2.05) is 24.3 Å². The molecule has 0 fully saturated rings. The first-order valence-corrected chi connectivity index (χ1v) is 9.05. The third-order valence-electron chi connectivity index (χ3n) is 2.99. The fraction of sp³-hybridized carbons (Fsp3) is 0.286. The Labute approximate surface area is 134 Å². The van der Waals surface area contributed by atoms with Crippen LogP contribution in [0.3, 0.4) is 0 Å². The summed E-state index contributed by atoms with van der Waals surface area (Å²) >= 11 is 6.91. The second-order valence-corrected chi connectivity index (χ2v) is 7.97. The summed E-state index contributed by atoms with van der Waals surface area (Å²) in [5.74, 6) is 1.02. The lowest BCUT2D eigenvalue weighted by molar-refractivity contribution is 0.412. The Morgan fingerprint density at radius 2 is 2.05 bits per heavy atom. The molecule has 0 aliphatic heterocycles. The molecule has 0 radical (unpaired) electrons. The summed E-state index contributed by atoms with van der Waals surface area (Å²) in [6.07, 6.45) is 0. The largest absolute Gasteiger partial charge is 0.497 e. The highest BCUT2D eigenvalue weighted by atomic mass is 35.5. The third kappa shape index (κ3) is 3.77. The van der Waals surface area contributed by atoms with Crippen LogP contribution in [0.1, 0.15) is 11.1 Å². The molecule has 1 aromatic heterocycles. The van der Waals surface area contributed by atoms with Crippen LogP contribution in [0.2, 0.25) is 0 Å². The van der Waals surface area contributed by atoms with Gasteiger partial charge in [-0.2, -0.15) is 4.31 Å². The monoisotopic (exact) mass is 345 g/mol. The van der Waals surface area contributed by atoms with E-state index in [1.54, 1.807) is 25.6 Å². The van der Waals surface area contributed by atoms with Gasteiger partial charge in [0.2, 0.25) is 0 Å². The minimum Gasteiger partial charge on any atom is -0.497 e. The van der Waals surface area contributed by atoms with Gasteiger partial charge in [0, 0.05) is 19.5 Å². The lowest BCUT2D eigenvalue weighted by Crippen LogP contribution is -2.25. The van der Waals surface area contributed by atoms with E-state index in [9.17, 15) is 8.42 Å². The molecule has 0 spiro atoms. The van der Waals surface area contributed by atoms with Crippen molar-refractivity contribution in [3.63, 3.8) is 0 Å². The standard InChI is InChI=1S/C14H16ClNO3S2/c1-16(9-11-4-3-5-13(6-11)19-2)21(17,18)14-7-12(8-15)10-20-14/h3-7,10H,8-9H2,1-2H3. The minimum absolute atomic E-state index is 0.285. The summed E-state index contributed by atoms with van der Waals surface area (Å²) in [5, 5.41) is 1.76. The number of ether oxygens (including phenoxy) is 1. The highest BCUT2D eigenvalue weighted by Crippen LogP contribution is 2.25. The molecule has 21 heavy (non-hydrogen) atoms. The normalized spacial score (nSPS) is 11.8. The molecule has 0 bridgehead atoms. The van der Waals surface area contributed by atoms with E-state index in [-0.39, 0.29) is 6.54 Å². The predicted octanol–water partition coefficient (Wildman–Crippen LogP) is 3.32. The van der Waals surface area contributed by atoms with Gasteiger partial charge in [-0.15, -0.1) is 22.9 Å². The maximum Gasteiger partial charge on any atom is 0.252 e. The third-order valence-corrected chi connectivity index (χ3v) is 6.56. The van der Waals surface area contributed by atoms with Crippen LogP contribution in [-0.4, -0.2) is 26.9 Å². The van der Waals surface area contributed by atoms with Crippen LogP contribution in [-0.2, 0) is 22.4 Å². The van der Waals surface area contributed by atoms with Crippen molar-refractivity contribution in [2.75, 3.05) is 14.2 Å². The summed E-state index contributed by atoms with van der Waals surface area (Å²) in [6, 6.07) is 8.97. The van der Waals surface area contributed by atoms with Gasteiger partial charge < -0.3 is 4.74 Å². The van der Waals surface area contributed by atoms with Crippen LogP contribution in [0.5, 0.6) is 5.75 Å². The number of thiophene rings is 1. The Balaban J connectivity index is 2.19. The predicted molar refractivity (Wildman–Crippen MR) is 85.5 cm³/mol. The van der Waals surface area contributed by atoms with Crippen molar-refractivity contribution < 1.29 is 13.2 Å². The summed E-state index contributed by atoms with van der Waals surface area (Å²) < 4.78 is 31.7. The summed E-state index contributed by atoms with van der Waals surface area (Å²) in [5.41, 5.74) is 1.68. The molecule has 0 amide bonds. The number of halogens is 1. The molecule has 114 valence electrons. The maximum absolute atomic E-state index is 12.5. The number of benzene rings is 1. The average Bonchev–Trinajstić information content (AvgIpc) is 2.97. The zero-order valence-corrected chi connectivity index (χ0v) is 14.1. The molecule has 1 heterocycles. The van der Waals surface area contributed by atoms with Crippen molar-refractivity contribution in [3.8, 4) is 5.75 Å². The van der Waals surface area contributed by atoms with Gasteiger partial charge in [-0.3, -0.25) is 0 Å². The number of hydrogen-bond donors (Lipinski definition) is 0. The van der Waals surface area contributed by atoms with E-state index in [4.69, 9.17) is 16.3 Å². The molecule has 0 aliphatic carbocycles. The topological polar surface area (TPSA) is 46.6 Å². The van der Waals surface area contributed by atoms with Crippen LogP contribution in [0.4, 0.5) is 0 Å². The Bertz CT molecular complexity index is 713. The van der Waals surface area contributed by atoms with E-state index in [2.05, 4.69) is 0 Å². The van der Waals surface area contributed by atoms with Gasteiger partial charge in [-0.1, -0.05) is 12.1 Å². The molecule has 2 rings (SSSR count). The van der Waals surface area contributed by atoms with Gasteiger partial charge in [0.05, 0.1) is 7.11 Å². The zero-order valence-electron chi connectivity index (χ0n) is 11.7. The highest BCUT2D eigenvalue weighted by molar-refractivity contribution is 7.91. The van der Waals surface area contributed by atoms with Gasteiger partial charge in [0.15, 0.2) is 0 Å². The lowest BCUT2D eigenvalue weighted by Gasteiger charge is -2.16. The van der Waals surface area contributed by atoms with Gasteiger partial charge in [-0.05, 0) is 34.7 Å². The first kappa shape index (κ1) is 16.3. The summed E-state index contributed by atoms with van der Waals surface area (Å²) in [4.78, 5) is 0. The smallest absolute Gasteiger partial charge is 0.252 e. The SMILES string of the molecule is COc1cccc(CN(C)S(=O)(=O)c2cc(CCl)cs2)c1. The summed E-state index contributed by atoms with van der Waals surface area (Å²) in [6.45, 7) is 0.285. The molecule has 7 heteroatoms. The Morgan fingerprint density at radius 1 is 1.29 bits per heavy atom. The highest BCUT2D eigenvalue weighted by Gasteiger charge is 2.23. The molecule has 1 aromatic carbocycles. The Kier molecular flexibility index (Phi) is 5.27. The fourth-order valence-electron chi connectivity index (χ4n) is 1.83. The maximum atomic E-state index is 12.5. The van der Waals surface area contributed by atoms with Gasteiger partial charge in [0.25, 0.3) is 10.0 Å². The fourth-order valence-corrected chi connectivity index (χ4v) is 4.65. The van der Waals surface area contributed by atoms with Crippen molar-refractivity contribution in [3.05, 3.63) is 46.8 Å². The number of methoxy groups -OCH3 is 1. The first-order valence-electron chi connectivity index (χ1n) is 6.20. The molecule has 0 unspecified atom stereocenters. The number of alkyl halides is 1. The van der Waals surface area contributed by atoms with E-state index < -0.39 is 10.0 Å². The molecule has 0 atom stereocenters. The minimum atomic E-state index is -3.49. The van der Waals surface area contributed by atoms with Crippen LogP contribution < -0.4 is 4.74 Å². The zero-order chi connectivity index (χ0) is 15.5. The van der Waals surface area contributed by atoms with Gasteiger partial charge in [-0.25, -0.2) is 8.42 Å². The van der Waals surface area contributed by atoms with Crippen LogP contribution >= 0.6 is 22.9 Å². The molecule has 2 aromatic rings. The van der Waals surface area contributed by atoms with E-state index in [0.717, 1.165) is 11.1 Å². The molecule has 0 aliphatic rings. The van der Waals surface area contributed by atoms with Crippen molar-refractivity contribution in [1.29, 1.82) is 0 Å². The second-order valence-electron chi connectivity index (χ2n) is 4.52. The van der Waals surface area contributed by atoms with E-state index in [0.29, 0.717) is 15.8 Å². The molecule has 0 saturated heterocycles. The van der Waals surface area contributed by atoms with E-state index in [1.165, 1.54) is 15.6 Å². The molecule has 4 nitrogen and oxygen atoms in total. The van der Waals surface area contributed by atoms with Crippen LogP contribution in [0.25, 0.3) is 0 Å². The van der Waals surface area contributed by atoms with Crippen LogP contribution in [0, 0.1) is 0 Å². The molecular formula is C14H16ClNO3S2. The van der Waals surface area contributed by atoms with Crippen molar-refractivity contribution in [2.24, 2.45) is 0 Å².